The minimum Gasteiger partial charge on any atom is -0.378 e. The summed E-state index contributed by atoms with van der Waals surface area (Å²) in [5, 5.41) is 7.75. The monoisotopic (exact) mass is 261 g/mol. The minimum absolute atomic E-state index is 0.0925. The molecule has 2 rings (SSSR count). The molecule has 0 aliphatic rings. The molecule has 0 spiro atoms. The number of hydrogen-bond donors (Lipinski definition) is 1. The molecule has 1 aromatic carbocycles. The molecule has 0 aliphatic heterocycles. The van der Waals surface area contributed by atoms with E-state index in [0.717, 1.165) is 22.6 Å². The Kier molecular flexibility index (Phi) is 3.60. The maximum absolute atomic E-state index is 13.4. The quantitative estimate of drug-likeness (QED) is 0.913. The zero-order chi connectivity index (χ0) is 14.2. The van der Waals surface area contributed by atoms with Crippen molar-refractivity contribution < 1.29 is 4.39 Å². The van der Waals surface area contributed by atoms with Crippen LogP contribution in [0.5, 0.6) is 0 Å². The van der Waals surface area contributed by atoms with Gasteiger partial charge in [0.25, 0.3) is 0 Å². The number of benzene rings is 1. The Morgan fingerprint density at radius 1 is 1.21 bits per heavy atom. The second-order valence-electron chi connectivity index (χ2n) is 5.09. The predicted octanol–water partition coefficient (Wildman–Crippen LogP) is 3.66. The Labute approximate surface area is 113 Å². The van der Waals surface area contributed by atoms with E-state index < -0.39 is 0 Å². The molecule has 0 saturated heterocycles. The molecular weight excluding hydrogens is 241 g/mol. The molecule has 0 amide bonds. The van der Waals surface area contributed by atoms with E-state index >= 15 is 0 Å². The van der Waals surface area contributed by atoms with Gasteiger partial charge in [-0.3, -0.25) is 4.68 Å². The van der Waals surface area contributed by atoms with Gasteiger partial charge in [-0.1, -0.05) is 0 Å². The number of halogens is 1. The molecular formula is C15H20FN3. The predicted molar refractivity (Wildman–Crippen MR) is 75.9 cm³/mol. The van der Waals surface area contributed by atoms with Crippen LogP contribution in [0.3, 0.4) is 0 Å². The van der Waals surface area contributed by atoms with Gasteiger partial charge in [-0.2, -0.15) is 5.10 Å². The van der Waals surface area contributed by atoms with Gasteiger partial charge < -0.3 is 5.32 Å². The summed E-state index contributed by atoms with van der Waals surface area (Å²) in [5.74, 6) is -0.214. The number of hydrogen-bond acceptors (Lipinski definition) is 2. The second-order valence-corrected chi connectivity index (χ2v) is 5.09. The fourth-order valence-electron chi connectivity index (χ4n) is 2.56. The maximum atomic E-state index is 13.4. The Morgan fingerprint density at radius 3 is 2.42 bits per heavy atom. The molecule has 0 aliphatic carbocycles. The zero-order valence-electron chi connectivity index (χ0n) is 12.1. The second kappa shape index (κ2) is 5.03. The number of nitrogens with zero attached hydrogens (tertiary/aromatic N) is 2. The van der Waals surface area contributed by atoms with Crippen LogP contribution in [0.15, 0.2) is 18.2 Å². The average molecular weight is 261 g/mol. The molecule has 1 aromatic heterocycles. The summed E-state index contributed by atoms with van der Waals surface area (Å²) in [7, 11) is 1.94. The van der Waals surface area contributed by atoms with Crippen LogP contribution in [0.1, 0.15) is 35.5 Å². The molecule has 3 nitrogen and oxygen atoms in total. The van der Waals surface area contributed by atoms with Crippen LogP contribution in [-0.2, 0) is 7.05 Å². The van der Waals surface area contributed by atoms with Crippen LogP contribution in [0.25, 0.3) is 0 Å². The number of nitrogens with one attached hydrogen (secondary N) is 1. The van der Waals surface area contributed by atoms with Gasteiger partial charge in [0.1, 0.15) is 5.82 Å². The van der Waals surface area contributed by atoms with E-state index in [1.54, 1.807) is 0 Å². The van der Waals surface area contributed by atoms with Crippen LogP contribution < -0.4 is 5.32 Å². The Hall–Kier alpha value is -1.84. The summed E-state index contributed by atoms with van der Waals surface area (Å²) in [5.41, 5.74) is 5.02. The molecule has 0 saturated carbocycles. The summed E-state index contributed by atoms with van der Waals surface area (Å²) in [6, 6.07) is 5.08. The first kappa shape index (κ1) is 13.6. The van der Waals surface area contributed by atoms with Crippen molar-refractivity contribution in [1.29, 1.82) is 0 Å². The fraction of sp³-hybridized carbons (Fsp3) is 0.400. The Morgan fingerprint density at radius 2 is 1.89 bits per heavy atom. The van der Waals surface area contributed by atoms with E-state index in [-0.39, 0.29) is 11.9 Å². The molecule has 0 bridgehead atoms. The number of rotatable bonds is 3. The summed E-state index contributed by atoms with van der Waals surface area (Å²) < 4.78 is 15.3. The number of aromatic nitrogens is 2. The van der Waals surface area contributed by atoms with Gasteiger partial charge in [-0.25, -0.2) is 4.39 Å². The third kappa shape index (κ3) is 2.78. The van der Waals surface area contributed by atoms with Crippen molar-refractivity contribution >= 4 is 5.69 Å². The molecule has 1 N–H and O–H groups in total. The van der Waals surface area contributed by atoms with Crippen molar-refractivity contribution in [1.82, 2.24) is 9.78 Å². The first-order valence-corrected chi connectivity index (χ1v) is 6.42. The molecule has 102 valence electrons. The minimum atomic E-state index is -0.214. The van der Waals surface area contributed by atoms with Crippen molar-refractivity contribution in [2.24, 2.45) is 7.05 Å². The van der Waals surface area contributed by atoms with E-state index in [2.05, 4.69) is 17.3 Å². The highest BCUT2D eigenvalue weighted by atomic mass is 19.1. The first-order chi connectivity index (χ1) is 8.88. The summed E-state index contributed by atoms with van der Waals surface area (Å²) >= 11 is 0. The summed E-state index contributed by atoms with van der Waals surface area (Å²) in [4.78, 5) is 0. The van der Waals surface area contributed by atoms with Crippen LogP contribution in [0.4, 0.5) is 10.1 Å². The van der Waals surface area contributed by atoms with Crippen LogP contribution in [0.2, 0.25) is 0 Å². The molecule has 2 aromatic rings. The topological polar surface area (TPSA) is 29.9 Å². The van der Waals surface area contributed by atoms with E-state index in [0.29, 0.717) is 0 Å². The van der Waals surface area contributed by atoms with Gasteiger partial charge >= 0.3 is 0 Å². The lowest BCUT2D eigenvalue weighted by atomic mass is 10.1. The van der Waals surface area contributed by atoms with Crippen LogP contribution >= 0.6 is 0 Å². The maximum Gasteiger partial charge on any atom is 0.125 e. The SMILES string of the molecule is Cc1cc(F)cc(NC(C)c2c(C)nn(C)c2C)c1. The first-order valence-electron chi connectivity index (χ1n) is 6.42. The standard InChI is InChI=1S/C15H20FN3/c1-9-6-13(16)8-14(7-9)17-10(2)15-11(3)18-19(5)12(15)4/h6-8,10,17H,1-5H3. The van der Waals surface area contributed by atoms with Gasteiger partial charge in [0.05, 0.1) is 11.7 Å². The van der Waals surface area contributed by atoms with E-state index in [1.165, 1.54) is 17.7 Å². The van der Waals surface area contributed by atoms with E-state index in [4.69, 9.17) is 0 Å². The van der Waals surface area contributed by atoms with Gasteiger partial charge in [0.15, 0.2) is 0 Å². The molecule has 0 fully saturated rings. The zero-order valence-corrected chi connectivity index (χ0v) is 12.1. The molecule has 0 radical (unpaired) electrons. The van der Waals surface area contributed by atoms with Crippen molar-refractivity contribution in [3.05, 3.63) is 46.5 Å². The highest BCUT2D eigenvalue weighted by Crippen LogP contribution is 2.25. The number of anilines is 1. The van der Waals surface area contributed by atoms with E-state index in [1.807, 2.05) is 38.6 Å². The normalized spacial score (nSPS) is 12.5. The smallest absolute Gasteiger partial charge is 0.125 e. The van der Waals surface area contributed by atoms with Gasteiger partial charge in [-0.05, 0) is 51.5 Å². The Balaban J connectivity index is 2.27. The molecule has 1 atom stereocenters. The molecule has 1 heterocycles. The molecule has 19 heavy (non-hydrogen) atoms. The van der Waals surface area contributed by atoms with Crippen LogP contribution in [-0.4, -0.2) is 9.78 Å². The fourth-order valence-corrected chi connectivity index (χ4v) is 2.56. The lowest BCUT2D eigenvalue weighted by molar-refractivity contribution is 0.626. The lowest BCUT2D eigenvalue weighted by Gasteiger charge is -2.16. The van der Waals surface area contributed by atoms with E-state index in [9.17, 15) is 4.39 Å². The average Bonchev–Trinajstić information content (AvgIpc) is 2.51. The summed E-state index contributed by atoms with van der Waals surface area (Å²) in [6.07, 6.45) is 0. The van der Waals surface area contributed by atoms with Crippen molar-refractivity contribution in [2.45, 2.75) is 33.7 Å². The third-order valence-electron chi connectivity index (χ3n) is 3.42. The van der Waals surface area contributed by atoms with Crippen molar-refractivity contribution in [2.75, 3.05) is 5.32 Å². The largest absolute Gasteiger partial charge is 0.378 e. The van der Waals surface area contributed by atoms with Crippen molar-refractivity contribution in [3.8, 4) is 0 Å². The lowest BCUT2D eigenvalue weighted by Crippen LogP contribution is -2.09. The van der Waals surface area contributed by atoms with Crippen LogP contribution in [0, 0.1) is 26.6 Å². The molecule has 4 heteroatoms. The van der Waals surface area contributed by atoms with Gasteiger partial charge in [0.2, 0.25) is 0 Å². The third-order valence-corrected chi connectivity index (χ3v) is 3.42. The highest BCUT2D eigenvalue weighted by molar-refractivity contribution is 5.48. The highest BCUT2D eigenvalue weighted by Gasteiger charge is 2.16. The Bertz CT molecular complexity index is 581. The van der Waals surface area contributed by atoms with Crippen molar-refractivity contribution in [3.63, 3.8) is 0 Å². The summed E-state index contributed by atoms with van der Waals surface area (Å²) in [6.45, 7) is 8.00. The molecule has 1 unspecified atom stereocenters. The van der Waals surface area contributed by atoms with Gasteiger partial charge in [-0.15, -0.1) is 0 Å². The van der Waals surface area contributed by atoms with Gasteiger partial charge in [0, 0.05) is 24.0 Å². The number of aryl methyl sites for hydroxylation is 3.